The molecule has 1 aromatic rings. The van der Waals surface area contributed by atoms with Crippen LogP contribution < -0.4 is 16.4 Å². The van der Waals surface area contributed by atoms with Crippen molar-refractivity contribution in [3.63, 3.8) is 0 Å². The molecule has 1 aromatic carbocycles. The number of ether oxygens (including phenoxy) is 1. The number of alkyl carbamates (subject to hydrolysis) is 1. The summed E-state index contributed by atoms with van der Waals surface area (Å²) < 4.78 is 5.14. The fourth-order valence-corrected chi connectivity index (χ4v) is 1.46. The molecule has 20 heavy (non-hydrogen) atoms. The minimum absolute atomic E-state index is 0.0691. The molecule has 0 fully saturated rings. The molecule has 1 rings (SSSR count). The summed E-state index contributed by atoms with van der Waals surface area (Å²) in [5.41, 5.74) is 6.20. The monoisotopic (exact) mass is 279 g/mol. The molecule has 0 atom stereocenters. The van der Waals surface area contributed by atoms with E-state index in [0.29, 0.717) is 12.2 Å². The minimum Gasteiger partial charge on any atom is -0.444 e. The van der Waals surface area contributed by atoms with Crippen LogP contribution in [0.5, 0.6) is 0 Å². The van der Waals surface area contributed by atoms with E-state index in [1.807, 2.05) is 6.07 Å². The van der Waals surface area contributed by atoms with Gasteiger partial charge in [-0.05, 0) is 38.5 Å². The topological polar surface area (TPSA) is 93.5 Å². The Morgan fingerprint density at radius 2 is 2.00 bits per heavy atom. The van der Waals surface area contributed by atoms with Crippen LogP contribution in [0.25, 0.3) is 0 Å². The van der Waals surface area contributed by atoms with Crippen LogP contribution >= 0.6 is 0 Å². The van der Waals surface area contributed by atoms with Gasteiger partial charge in [-0.15, -0.1) is 0 Å². The summed E-state index contributed by atoms with van der Waals surface area (Å²) in [6.45, 7) is 5.66. The Morgan fingerprint density at radius 3 is 2.60 bits per heavy atom. The van der Waals surface area contributed by atoms with Gasteiger partial charge in [-0.1, -0.05) is 12.1 Å². The van der Waals surface area contributed by atoms with Crippen molar-refractivity contribution in [2.45, 2.75) is 32.9 Å². The SMILES string of the molecule is CC(C)(C)OC(=O)NCc1cccc(NC(=O)CN)c1. The summed E-state index contributed by atoms with van der Waals surface area (Å²) in [4.78, 5) is 22.7. The maximum absolute atomic E-state index is 11.5. The van der Waals surface area contributed by atoms with E-state index in [2.05, 4.69) is 10.6 Å². The second-order valence-corrected chi connectivity index (χ2v) is 5.31. The molecule has 0 bridgehead atoms. The number of nitrogens with two attached hydrogens (primary N) is 1. The Balaban J connectivity index is 2.54. The largest absolute Gasteiger partial charge is 0.444 e. The van der Waals surface area contributed by atoms with Gasteiger partial charge in [0.25, 0.3) is 0 Å². The zero-order valence-electron chi connectivity index (χ0n) is 12.0. The van der Waals surface area contributed by atoms with Crippen LogP contribution in [0.15, 0.2) is 24.3 Å². The molecule has 4 N–H and O–H groups in total. The maximum atomic E-state index is 11.5. The van der Waals surface area contributed by atoms with Crippen molar-refractivity contribution in [3.8, 4) is 0 Å². The standard InChI is InChI=1S/C14H21N3O3/c1-14(2,3)20-13(19)16-9-10-5-4-6-11(7-10)17-12(18)8-15/h4-7H,8-9,15H2,1-3H3,(H,16,19)(H,17,18). The van der Waals surface area contributed by atoms with E-state index >= 15 is 0 Å². The van der Waals surface area contributed by atoms with Crippen LogP contribution in [-0.2, 0) is 16.1 Å². The first-order chi connectivity index (χ1) is 9.30. The first kappa shape index (κ1) is 16.0. The van der Waals surface area contributed by atoms with Crippen molar-refractivity contribution in [2.75, 3.05) is 11.9 Å². The van der Waals surface area contributed by atoms with Crippen molar-refractivity contribution in [3.05, 3.63) is 29.8 Å². The average molecular weight is 279 g/mol. The Morgan fingerprint density at radius 1 is 1.30 bits per heavy atom. The van der Waals surface area contributed by atoms with Gasteiger partial charge in [-0.2, -0.15) is 0 Å². The Labute approximate surface area is 118 Å². The number of amides is 2. The molecule has 110 valence electrons. The van der Waals surface area contributed by atoms with Gasteiger partial charge in [0.2, 0.25) is 5.91 Å². The molecule has 6 nitrogen and oxygen atoms in total. The maximum Gasteiger partial charge on any atom is 0.407 e. The second kappa shape index (κ2) is 6.91. The molecule has 0 aromatic heterocycles. The van der Waals surface area contributed by atoms with Crippen LogP contribution in [-0.4, -0.2) is 24.1 Å². The van der Waals surface area contributed by atoms with Crippen LogP contribution in [0.1, 0.15) is 26.3 Å². The molecule has 0 radical (unpaired) electrons. The third-order valence-electron chi connectivity index (χ3n) is 2.23. The third kappa shape index (κ3) is 6.19. The lowest BCUT2D eigenvalue weighted by molar-refractivity contribution is -0.114. The summed E-state index contributed by atoms with van der Waals surface area (Å²) >= 11 is 0. The van der Waals surface area contributed by atoms with Gasteiger partial charge in [0.1, 0.15) is 5.60 Å². The molecule has 0 aliphatic carbocycles. The number of rotatable bonds is 4. The van der Waals surface area contributed by atoms with E-state index in [-0.39, 0.29) is 12.5 Å². The van der Waals surface area contributed by atoms with Gasteiger partial charge in [0.05, 0.1) is 6.54 Å². The summed E-state index contributed by atoms with van der Waals surface area (Å²) in [5, 5.41) is 5.30. The number of hydrogen-bond acceptors (Lipinski definition) is 4. The van der Waals surface area contributed by atoms with Crippen molar-refractivity contribution in [2.24, 2.45) is 5.73 Å². The Kier molecular flexibility index (Phi) is 5.52. The molecule has 0 aliphatic heterocycles. The van der Waals surface area contributed by atoms with E-state index in [1.54, 1.807) is 39.0 Å². The summed E-state index contributed by atoms with van der Waals surface area (Å²) in [6.07, 6.45) is -0.478. The van der Waals surface area contributed by atoms with E-state index in [0.717, 1.165) is 5.56 Å². The normalized spacial score (nSPS) is 10.8. The smallest absolute Gasteiger partial charge is 0.407 e. The van der Waals surface area contributed by atoms with E-state index in [4.69, 9.17) is 10.5 Å². The van der Waals surface area contributed by atoms with Crippen LogP contribution in [0.4, 0.5) is 10.5 Å². The molecule has 0 unspecified atom stereocenters. The molecule has 2 amide bonds. The van der Waals surface area contributed by atoms with Gasteiger partial charge in [-0.3, -0.25) is 4.79 Å². The molecule has 0 saturated carbocycles. The highest BCUT2D eigenvalue weighted by atomic mass is 16.6. The van der Waals surface area contributed by atoms with Gasteiger partial charge in [0, 0.05) is 12.2 Å². The van der Waals surface area contributed by atoms with Gasteiger partial charge in [0.15, 0.2) is 0 Å². The fourth-order valence-electron chi connectivity index (χ4n) is 1.46. The van der Waals surface area contributed by atoms with E-state index in [9.17, 15) is 9.59 Å². The van der Waals surface area contributed by atoms with Crippen molar-refractivity contribution >= 4 is 17.7 Å². The van der Waals surface area contributed by atoms with Crippen molar-refractivity contribution in [1.82, 2.24) is 5.32 Å². The molecule has 0 aliphatic rings. The quantitative estimate of drug-likeness (QED) is 0.780. The lowest BCUT2D eigenvalue weighted by atomic mass is 10.2. The van der Waals surface area contributed by atoms with Gasteiger partial charge >= 0.3 is 6.09 Å². The first-order valence-corrected chi connectivity index (χ1v) is 6.36. The van der Waals surface area contributed by atoms with Gasteiger partial charge < -0.3 is 21.1 Å². The van der Waals surface area contributed by atoms with E-state index in [1.165, 1.54) is 0 Å². The molecular weight excluding hydrogens is 258 g/mol. The zero-order valence-corrected chi connectivity index (χ0v) is 12.0. The van der Waals surface area contributed by atoms with E-state index < -0.39 is 11.7 Å². The highest BCUT2D eigenvalue weighted by Crippen LogP contribution is 2.11. The fraction of sp³-hybridized carbons (Fsp3) is 0.429. The van der Waals surface area contributed by atoms with Gasteiger partial charge in [-0.25, -0.2) is 4.79 Å². The highest BCUT2D eigenvalue weighted by molar-refractivity contribution is 5.92. The summed E-state index contributed by atoms with van der Waals surface area (Å²) in [7, 11) is 0. The third-order valence-corrected chi connectivity index (χ3v) is 2.23. The number of anilines is 1. The number of benzene rings is 1. The minimum atomic E-state index is -0.527. The molecule has 0 spiro atoms. The number of hydrogen-bond donors (Lipinski definition) is 3. The van der Waals surface area contributed by atoms with Crippen molar-refractivity contribution < 1.29 is 14.3 Å². The number of carbonyl (C=O) groups excluding carboxylic acids is 2. The molecule has 0 saturated heterocycles. The highest BCUT2D eigenvalue weighted by Gasteiger charge is 2.15. The Hall–Kier alpha value is -2.08. The summed E-state index contributed by atoms with van der Waals surface area (Å²) in [5.74, 6) is -0.262. The lowest BCUT2D eigenvalue weighted by Crippen LogP contribution is -2.32. The predicted molar refractivity (Wildman–Crippen MR) is 77.2 cm³/mol. The molecule has 0 heterocycles. The summed E-state index contributed by atoms with van der Waals surface area (Å²) in [6, 6.07) is 7.16. The first-order valence-electron chi connectivity index (χ1n) is 6.36. The lowest BCUT2D eigenvalue weighted by Gasteiger charge is -2.19. The number of nitrogens with one attached hydrogen (secondary N) is 2. The molecule has 6 heteroatoms. The van der Waals surface area contributed by atoms with Crippen molar-refractivity contribution in [1.29, 1.82) is 0 Å². The number of carbonyl (C=O) groups is 2. The second-order valence-electron chi connectivity index (χ2n) is 5.31. The van der Waals surface area contributed by atoms with Crippen LogP contribution in [0, 0.1) is 0 Å². The Bertz CT molecular complexity index is 481. The predicted octanol–water partition coefficient (Wildman–Crippen LogP) is 1.61. The average Bonchev–Trinajstić information content (AvgIpc) is 2.34. The van der Waals surface area contributed by atoms with Crippen LogP contribution in [0.3, 0.4) is 0 Å². The van der Waals surface area contributed by atoms with Crippen LogP contribution in [0.2, 0.25) is 0 Å². The zero-order chi connectivity index (χ0) is 15.2. The molecular formula is C14H21N3O3.